The molecule has 98 valence electrons. The molecule has 0 bridgehead atoms. The lowest BCUT2D eigenvalue weighted by Gasteiger charge is -2.25. The molecule has 0 radical (unpaired) electrons. The Morgan fingerprint density at radius 2 is 2.11 bits per heavy atom. The molecule has 0 saturated heterocycles. The highest BCUT2D eigenvalue weighted by molar-refractivity contribution is 5.47. The Balaban J connectivity index is 3.04. The lowest BCUT2D eigenvalue weighted by Crippen LogP contribution is -2.30. The van der Waals surface area contributed by atoms with Crippen molar-refractivity contribution in [2.75, 3.05) is 23.7 Å². The monoisotopic (exact) mass is 254 g/mol. The van der Waals surface area contributed by atoms with Crippen LogP contribution in [0.4, 0.5) is 20.4 Å². The highest BCUT2D eigenvalue weighted by Gasteiger charge is 2.17. The van der Waals surface area contributed by atoms with Gasteiger partial charge in [0.1, 0.15) is 0 Å². The molecule has 18 heavy (non-hydrogen) atoms. The Labute approximate surface area is 105 Å². The first-order valence-corrected chi connectivity index (χ1v) is 5.69. The lowest BCUT2D eigenvalue weighted by atomic mass is 10.2. The smallest absolute Gasteiger partial charge is 0.168 e. The van der Waals surface area contributed by atoms with Gasteiger partial charge in [0, 0.05) is 19.2 Å². The number of halogens is 2. The highest BCUT2D eigenvalue weighted by Crippen LogP contribution is 2.21. The van der Waals surface area contributed by atoms with Gasteiger partial charge < -0.3 is 10.6 Å². The maximum absolute atomic E-state index is 13.7. The Morgan fingerprint density at radius 1 is 1.44 bits per heavy atom. The molecule has 0 aliphatic rings. The fraction of sp³-hybridized carbons (Fsp3) is 0.500. The van der Waals surface area contributed by atoms with Gasteiger partial charge in [-0.1, -0.05) is 13.8 Å². The van der Waals surface area contributed by atoms with Crippen LogP contribution in [0.2, 0.25) is 0 Å². The van der Waals surface area contributed by atoms with Crippen LogP contribution in [0.3, 0.4) is 0 Å². The Morgan fingerprint density at radius 3 is 2.67 bits per heavy atom. The van der Waals surface area contributed by atoms with Crippen molar-refractivity contribution in [3.63, 3.8) is 0 Å². The summed E-state index contributed by atoms with van der Waals surface area (Å²) in [5, 5.41) is 8.59. The summed E-state index contributed by atoms with van der Waals surface area (Å²) >= 11 is 0. The highest BCUT2D eigenvalue weighted by atomic mass is 19.1. The summed E-state index contributed by atoms with van der Waals surface area (Å²) in [6, 6.07) is 2.71. The van der Waals surface area contributed by atoms with Gasteiger partial charge in [-0.3, -0.25) is 0 Å². The standard InChI is InChI=1S/C12H16F2N4/c1-8(2)7-18(5-3-4-15)12-10(14)6-9(13)11(16)17-12/h6,8H,3,5,7H2,1-2H3,(H2,16,17). The molecule has 0 atom stereocenters. The van der Waals surface area contributed by atoms with Gasteiger partial charge in [-0.05, 0) is 5.92 Å². The zero-order chi connectivity index (χ0) is 13.7. The van der Waals surface area contributed by atoms with Gasteiger partial charge in [0.05, 0.1) is 12.5 Å². The van der Waals surface area contributed by atoms with Crippen LogP contribution < -0.4 is 10.6 Å². The third-order valence-corrected chi connectivity index (χ3v) is 2.32. The lowest BCUT2D eigenvalue weighted by molar-refractivity contribution is 0.554. The zero-order valence-electron chi connectivity index (χ0n) is 10.5. The van der Waals surface area contributed by atoms with Crippen LogP contribution >= 0.6 is 0 Å². The van der Waals surface area contributed by atoms with Crippen LogP contribution in [0, 0.1) is 28.9 Å². The number of rotatable bonds is 5. The van der Waals surface area contributed by atoms with Crippen molar-refractivity contribution in [2.45, 2.75) is 20.3 Å². The van der Waals surface area contributed by atoms with Crippen molar-refractivity contribution in [3.05, 3.63) is 17.7 Å². The number of aromatic nitrogens is 1. The Hall–Kier alpha value is -1.90. The minimum Gasteiger partial charge on any atom is -0.381 e. The second kappa shape index (κ2) is 6.15. The minimum absolute atomic E-state index is 0.00199. The molecule has 6 heteroatoms. The quantitative estimate of drug-likeness (QED) is 0.875. The Kier molecular flexibility index (Phi) is 4.84. The molecule has 2 N–H and O–H groups in total. The number of hydrogen-bond acceptors (Lipinski definition) is 4. The van der Waals surface area contributed by atoms with Crippen molar-refractivity contribution in [3.8, 4) is 6.07 Å². The van der Waals surface area contributed by atoms with Crippen LogP contribution in [-0.4, -0.2) is 18.1 Å². The molecular weight excluding hydrogens is 238 g/mol. The largest absolute Gasteiger partial charge is 0.381 e. The second-order valence-electron chi connectivity index (χ2n) is 4.41. The SMILES string of the molecule is CC(C)CN(CCC#N)c1nc(N)c(F)cc1F. The van der Waals surface area contributed by atoms with E-state index in [4.69, 9.17) is 11.0 Å². The van der Waals surface area contributed by atoms with E-state index >= 15 is 0 Å². The van der Waals surface area contributed by atoms with E-state index in [-0.39, 0.29) is 24.0 Å². The summed E-state index contributed by atoms with van der Waals surface area (Å²) in [5.74, 6) is -1.72. The average Bonchev–Trinajstić information content (AvgIpc) is 2.29. The molecule has 0 fully saturated rings. The first kappa shape index (κ1) is 14.2. The number of anilines is 2. The fourth-order valence-electron chi connectivity index (χ4n) is 1.60. The van der Waals surface area contributed by atoms with E-state index in [1.165, 1.54) is 0 Å². The van der Waals surface area contributed by atoms with E-state index in [2.05, 4.69) is 4.98 Å². The van der Waals surface area contributed by atoms with Crippen molar-refractivity contribution >= 4 is 11.6 Å². The predicted octanol–water partition coefficient (Wildman–Crippen LogP) is 2.32. The van der Waals surface area contributed by atoms with Crippen molar-refractivity contribution in [1.82, 2.24) is 4.98 Å². The van der Waals surface area contributed by atoms with E-state index in [1.54, 1.807) is 4.90 Å². The number of hydrogen-bond donors (Lipinski definition) is 1. The maximum atomic E-state index is 13.7. The summed E-state index contributed by atoms with van der Waals surface area (Å²) in [6.45, 7) is 4.79. The number of nitrogen functional groups attached to an aromatic ring is 1. The topological polar surface area (TPSA) is 65.9 Å². The molecule has 0 unspecified atom stereocenters. The van der Waals surface area contributed by atoms with Gasteiger partial charge in [-0.25, -0.2) is 13.8 Å². The predicted molar refractivity (Wildman–Crippen MR) is 65.8 cm³/mol. The van der Waals surface area contributed by atoms with Gasteiger partial charge in [0.25, 0.3) is 0 Å². The molecule has 4 nitrogen and oxygen atoms in total. The molecule has 0 saturated carbocycles. The molecule has 0 aliphatic heterocycles. The van der Waals surface area contributed by atoms with Gasteiger partial charge in [-0.15, -0.1) is 0 Å². The van der Waals surface area contributed by atoms with Crippen LogP contribution in [0.25, 0.3) is 0 Å². The minimum atomic E-state index is -0.874. The van der Waals surface area contributed by atoms with E-state index < -0.39 is 11.6 Å². The molecule has 0 aromatic carbocycles. The molecule has 0 spiro atoms. The third kappa shape index (κ3) is 3.55. The van der Waals surface area contributed by atoms with Crippen LogP contribution in [0.1, 0.15) is 20.3 Å². The molecule has 1 aromatic heterocycles. The van der Waals surface area contributed by atoms with Gasteiger partial charge in [0.15, 0.2) is 23.3 Å². The number of pyridine rings is 1. The van der Waals surface area contributed by atoms with Crippen LogP contribution in [0.5, 0.6) is 0 Å². The zero-order valence-corrected chi connectivity index (χ0v) is 10.5. The first-order chi connectivity index (χ1) is 8.45. The van der Waals surface area contributed by atoms with E-state index in [9.17, 15) is 8.78 Å². The summed E-state index contributed by atoms with van der Waals surface area (Å²) in [7, 11) is 0. The molecule has 1 heterocycles. The number of nitrogens with zero attached hydrogens (tertiary/aromatic N) is 3. The first-order valence-electron chi connectivity index (χ1n) is 5.69. The molecule has 0 amide bonds. The Bertz CT molecular complexity index is 454. The van der Waals surface area contributed by atoms with Gasteiger partial charge in [-0.2, -0.15) is 5.26 Å². The van der Waals surface area contributed by atoms with Crippen molar-refractivity contribution in [2.24, 2.45) is 5.92 Å². The fourth-order valence-corrected chi connectivity index (χ4v) is 1.60. The van der Waals surface area contributed by atoms with E-state index in [0.717, 1.165) is 6.07 Å². The van der Waals surface area contributed by atoms with E-state index in [0.29, 0.717) is 13.1 Å². The third-order valence-electron chi connectivity index (χ3n) is 2.32. The van der Waals surface area contributed by atoms with Crippen molar-refractivity contribution in [1.29, 1.82) is 5.26 Å². The van der Waals surface area contributed by atoms with Crippen LogP contribution in [-0.2, 0) is 0 Å². The molecule has 0 aliphatic carbocycles. The maximum Gasteiger partial charge on any atom is 0.168 e. The van der Waals surface area contributed by atoms with E-state index in [1.807, 2.05) is 19.9 Å². The van der Waals surface area contributed by atoms with Gasteiger partial charge >= 0.3 is 0 Å². The normalized spacial score (nSPS) is 10.4. The second-order valence-corrected chi connectivity index (χ2v) is 4.41. The van der Waals surface area contributed by atoms with Crippen molar-refractivity contribution < 1.29 is 8.78 Å². The summed E-state index contributed by atoms with van der Waals surface area (Å²) < 4.78 is 26.7. The van der Waals surface area contributed by atoms with Gasteiger partial charge in [0.2, 0.25) is 0 Å². The average molecular weight is 254 g/mol. The number of nitriles is 1. The molecule has 1 aromatic rings. The molecular formula is C12H16F2N4. The summed E-state index contributed by atoms with van der Waals surface area (Å²) in [4.78, 5) is 5.33. The number of nitrogens with two attached hydrogens (primary N) is 1. The summed E-state index contributed by atoms with van der Waals surface area (Å²) in [5.41, 5.74) is 5.34. The summed E-state index contributed by atoms with van der Waals surface area (Å²) in [6.07, 6.45) is 0.241. The molecule has 1 rings (SSSR count). The van der Waals surface area contributed by atoms with Crippen LogP contribution in [0.15, 0.2) is 6.07 Å².